The van der Waals surface area contributed by atoms with Crippen molar-refractivity contribution in [2.45, 2.75) is 39.2 Å². The van der Waals surface area contributed by atoms with Crippen LogP contribution in [0.15, 0.2) is 82.7 Å². The summed E-state index contributed by atoms with van der Waals surface area (Å²) in [7, 11) is 0. The molecule has 0 spiro atoms. The lowest BCUT2D eigenvalue weighted by atomic mass is 9.90. The first-order valence-electron chi connectivity index (χ1n) is 12.2. The van der Waals surface area contributed by atoms with Gasteiger partial charge >= 0.3 is 5.97 Å². The second-order valence-electron chi connectivity index (χ2n) is 9.37. The molecule has 0 radical (unpaired) electrons. The summed E-state index contributed by atoms with van der Waals surface area (Å²) in [5.74, 6) is -1.43. The Morgan fingerprint density at radius 2 is 1.70 bits per heavy atom. The lowest BCUT2D eigenvalue weighted by molar-refractivity contribution is -0.141. The molecular formula is C30H27N3O4. The number of hydrogen-bond acceptors (Lipinski definition) is 4. The van der Waals surface area contributed by atoms with Crippen LogP contribution < -0.4 is 5.56 Å². The van der Waals surface area contributed by atoms with Crippen LogP contribution in [0.2, 0.25) is 0 Å². The second-order valence-corrected chi connectivity index (χ2v) is 9.37. The average Bonchev–Trinajstić information content (AvgIpc) is 3.32. The monoisotopic (exact) mass is 493 g/mol. The van der Waals surface area contributed by atoms with Gasteiger partial charge in [0.05, 0.1) is 23.7 Å². The van der Waals surface area contributed by atoms with Crippen molar-refractivity contribution in [2.24, 2.45) is 5.10 Å². The van der Waals surface area contributed by atoms with E-state index in [9.17, 15) is 14.4 Å². The van der Waals surface area contributed by atoms with Gasteiger partial charge in [0.2, 0.25) is 5.91 Å². The average molecular weight is 494 g/mol. The van der Waals surface area contributed by atoms with Crippen LogP contribution in [0.3, 0.4) is 0 Å². The van der Waals surface area contributed by atoms with E-state index >= 15 is 0 Å². The van der Waals surface area contributed by atoms with Gasteiger partial charge in [0, 0.05) is 29.3 Å². The third-order valence-electron chi connectivity index (χ3n) is 6.79. The summed E-state index contributed by atoms with van der Waals surface area (Å²) in [6, 6.07) is 22.9. The van der Waals surface area contributed by atoms with Crippen LogP contribution >= 0.6 is 0 Å². The number of aromatic amines is 1. The van der Waals surface area contributed by atoms with E-state index in [1.54, 1.807) is 0 Å². The summed E-state index contributed by atoms with van der Waals surface area (Å²) >= 11 is 0. The van der Waals surface area contributed by atoms with Crippen LogP contribution in [-0.4, -0.2) is 32.7 Å². The fraction of sp³-hybridized carbons (Fsp3) is 0.200. The normalized spacial score (nSPS) is 15.1. The fourth-order valence-electron chi connectivity index (χ4n) is 5.02. The lowest BCUT2D eigenvalue weighted by Crippen LogP contribution is -2.27. The Hall–Kier alpha value is -4.52. The minimum Gasteiger partial charge on any atom is -0.481 e. The van der Waals surface area contributed by atoms with Gasteiger partial charge in [-0.05, 0) is 42.2 Å². The number of aromatic nitrogens is 1. The van der Waals surface area contributed by atoms with Crippen LogP contribution in [0.5, 0.6) is 0 Å². The third-order valence-corrected chi connectivity index (χ3v) is 6.79. The number of pyridine rings is 1. The van der Waals surface area contributed by atoms with Crippen molar-refractivity contribution in [3.63, 3.8) is 0 Å². The summed E-state index contributed by atoms with van der Waals surface area (Å²) in [5.41, 5.74) is 5.96. The Balaban J connectivity index is 1.70. The van der Waals surface area contributed by atoms with Gasteiger partial charge in [-0.15, -0.1) is 0 Å². The fourth-order valence-corrected chi connectivity index (χ4v) is 5.02. The molecule has 1 atom stereocenters. The third kappa shape index (κ3) is 4.68. The molecule has 4 aromatic rings. The highest BCUT2D eigenvalue weighted by Gasteiger charge is 2.36. The summed E-state index contributed by atoms with van der Waals surface area (Å²) in [6.07, 6.45) is -0.122. The molecule has 5 rings (SSSR count). The minimum absolute atomic E-state index is 0.173. The number of nitrogens with zero attached hydrogens (tertiary/aromatic N) is 2. The molecule has 7 nitrogen and oxygen atoms in total. The molecule has 0 saturated heterocycles. The van der Waals surface area contributed by atoms with E-state index in [-0.39, 0.29) is 24.3 Å². The van der Waals surface area contributed by atoms with Crippen LogP contribution in [0.1, 0.15) is 47.6 Å². The highest BCUT2D eigenvalue weighted by atomic mass is 16.4. The molecule has 0 bridgehead atoms. The maximum atomic E-state index is 13.6. The second kappa shape index (κ2) is 9.85. The zero-order valence-electron chi connectivity index (χ0n) is 20.7. The number of aryl methyl sites for hydroxylation is 2. The molecule has 37 heavy (non-hydrogen) atoms. The molecule has 3 aromatic carbocycles. The molecule has 1 aliphatic heterocycles. The number of carbonyl (C=O) groups is 2. The summed E-state index contributed by atoms with van der Waals surface area (Å²) in [4.78, 5) is 41.0. The Kier molecular flexibility index (Phi) is 6.44. The van der Waals surface area contributed by atoms with Gasteiger partial charge in [-0.3, -0.25) is 14.4 Å². The van der Waals surface area contributed by atoms with E-state index in [1.165, 1.54) is 5.01 Å². The Morgan fingerprint density at radius 1 is 0.973 bits per heavy atom. The molecule has 7 heteroatoms. The maximum Gasteiger partial charge on any atom is 0.303 e. The lowest BCUT2D eigenvalue weighted by Gasteiger charge is -2.23. The highest BCUT2D eigenvalue weighted by molar-refractivity contribution is 6.13. The molecule has 1 aromatic heterocycles. The number of fused-ring (bicyclic) bond motifs is 1. The predicted molar refractivity (Wildman–Crippen MR) is 144 cm³/mol. The van der Waals surface area contributed by atoms with Gasteiger partial charge < -0.3 is 10.1 Å². The largest absolute Gasteiger partial charge is 0.481 e. The Bertz CT molecular complexity index is 1600. The summed E-state index contributed by atoms with van der Waals surface area (Å²) in [6.45, 7) is 3.94. The van der Waals surface area contributed by atoms with Crippen molar-refractivity contribution >= 4 is 28.5 Å². The van der Waals surface area contributed by atoms with Crippen LogP contribution in [0.25, 0.3) is 22.0 Å². The van der Waals surface area contributed by atoms with Gasteiger partial charge in [-0.2, -0.15) is 5.10 Å². The highest BCUT2D eigenvalue weighted by Crippen LogP contribution is 2.38. The van der Waals surface area contributed by atoms with Gasteiger partial charge in [0.25, 0.3) is 5.56 Å². The molecule has 186 valence electrons. The number of hydrazone groups is 1. The van der Waals surface area contributed by atoms with Crippen molar-refractivity contribution in [2.75, 3.05) is 0 Å². The number of nitrogens with one attached hydrogen (secondary N) is 1. The molecule has 2 N–H and O–H groups in total. The first kappa shape index (κ1) is 24.2. The molecule has 0 aliphatic carbocycles. The molecule has 1 unspecified atom stereocenters. The van der Waals surface area contributed by atoms with Gasteiger partial charge in [-0.25, -0.2) is 5.01 Å². The number of aliphatic carboxylic acids is 1. The number of H-pyrrole nitrogens is 1. The van der Waals surface area contributed by atoms with E-state index in [2.05, 4.69) is 4.98 Å². The van der Waals surface area contributed by atoms with Gasteiger partial charge in [-0.1, -0.05) is 66.7 Å². The van der Waals surface area contributed by atoms with E-state index in [0.717, 1.165) is 38.7 Å². The quantitative estimate of drug-likeness (QED) is 0.378. The molecule has 1 aliphatic rings. The van der Waals surface area contributed by atoms with Gasteiger partial charge in [0.15, 0.2) is 0 Å². The first-order chi connectivity index (χ1) is 17.8. The number of hydrogen-bond donors (Lipinski definition) is 2. The minimum atomic E-state index is -1.04. The number of benzene rings is 3. The smallest absolute Gasteiger partial charge is 0.303 e. The van der Waals surface area contributed by atoms with E-state index in [0.29, 0.717) is 17.7 Å². The molecule has 2 heterocycles. The maximum absolute atomic E-state index is 13.6. The number of carboxylic acids is 1. The Morgan fingerprint density at radius 3 is 2.43 bits per heavy atom. The number of rotatable bonds is 6. The number of carbonyl (C=O) groups excluding carboxylic acids is 1. The van der Waals surface area contributed by atoms with E-state index in [1.807, 2.05) is 86.6 Å². The number of carboxylic acid groups (broad SMARTS) is 1. The zero-order valence-corrected chi connectivity index (χ0v) is 20.7. The van der Waals surface area contributed by atoms with Crippen molar-refractivity contribution in [3.05, 3.63) is 105 Å². The van der Waals surface area contributed by atoms with Crippen LogP contribution in [0.4, 0.5) is 0 Å². The number of amides is 1. The van der Waals surface area contributed by atoms with Crippen molar-refractivity contribution in [1.82, 2.24) is 9.99 Å². The molecule has 1 amide bonds. The van der Waals surface area contributed by atoms with Crippen molar-refractivity contribution < 1.29 is 14.7 Å². The van der Waals surface area contributed by atoms with Gasteiger partial charge in [0.1, 0.15) is 0 Å². The molecule has 0 fully saturated rings. The van der Waals surface area contributed by atoms with Crippen LogP contribution in [-0.2, 0) is 9.59 Å². The SMILES string of the molecule is Cc1ccc2c(-c3ccccc3)c(C3=NN(C(=O)CCC(=O)O)C(c4ccccc4C)C3)c(=O)[nH]c2c1. The standard InChI is InChI=1S/C30H27N3O4/c1-18-12-13-22-23(16-18)31-30(37)29(28(22)20-9-4-3-5-10-20)24-17-25(21-11-7-6-8-19(21)2)33(32-24)26(34)14-15-27(35)36/h3-13,16,25H,14-15,17H2,1-2H3,(H,31,37)(H,35,36). The summed E-state index contributed by atoms with van der Waals surface area (Å²) in [5, 5.41) is 16.1. The zero-order chi connectivity index (χ0) is 26.1. The van der Waals surface area contributed by atoms with Crippen molar-refractivity contribution in [3.8, 4) is 11.1 Å². The van der Waals surface area contributed by atoms with Crippen LogP contribution in [0, 0.1) is 13.8 Å². The predicted octanol–water partition coefficient (Wildman–Crippen LogP) is 5.35. The van der Waals surface area contributed by atoms with Crippen molar-refractivity contribution in [1.29, 1.82) is 0 Å². The molecule has 0 saturated carbocycles. The van der Waals surface area contributed by atoms with E-state index in [4.69, 9.17) is 10.2 Å². The topological polar surface area (TPSA) is 103 Å². The van der Waals surface area contributed by atoms with E-state index < -0.39 is 12.0 Å². The summed E-state index contributed by atoms with van der Waals surface area (Å²) < 4.78 is 0. The first-order valence-corrected chi connectivity index (χ1v) is 12.2. The Labute approximate surface area is 214 Å². The molecular weight excluding hydrogens is 466 g/mol.